The Morgan fingerprint density at radius 1 is 1.20 bits per heavy atom. The van der Waals surface area contributed by atoms with Crippen LogP contribution in [0.4, 0.5) is 5.69 Å². The van der Waals surface area contributed by atoms with Gasteiger partial charge in [-0.15, -0.1) is 0 Å². The van der Waals surface area contributed by atoms with Gasteiger partial charge < -0.3 is 10.1 Å². The number of carbonyl (C=O) groups excluding carboxylic acids is 1. The van der Waals surface area contributed by atoms with E-state index in [1.54, 1.807) is 18.2 Å². The van der Waals surface area contributed by atoms with E-state index in [1.807, 2.05) is 0 Å². The van der Waals surface area contributed by atoms with E-state index in [0.717, 1.165) is 6.54 Å². The van der Waals surface area contributed by atoms with Gasteiger partial charge >= 0.3 is 0 Å². The molecule has 0 fully saturated rings. The zero-order valence-corrected chi connectivity index (χ0v) is 19.2. The first kappa shape index (κ1) is 24.0. The molecule has 7 nitrogen and oxygen atoms in total. The monoisotopic (exact) mass is 453 g/mol. The van der Waals surface area contributed by atoms with Crippen molar-refractivity contribution >= 4 is 33.2 Å². The Balaban J connectivity index is 2.14. The van der Waals surface area contributed by atoms with Gasteiger partial charge in [0, 0.05) is 29.7 Å². The molecular weight excluding hydrogens is 426 g/mol. The molecule has 0 aromatic heterocycles. The predicted octanol–water partition coefficient (Wildman–Crippen LogP) is 3.61. The van der Waals surface area contributed by atoms with Crippen molar-refractivity contribution in [2.45, 2.75) is 31.7 Å². The van der Waals surface area contributed by atoms with Crippen molar-refractivity contribution < 1.29 is 17.9 Å². The average molecular weight is 454 g/mol. The smallest absolute Gasteiger partial charge is 0.262 e. The first-order valence-electron chi connectivity index (χ1n) is 9.66. The molecule has 164 valence electrons. The van der Waals surface area contributed by atoms with Gasteiger partial charge in [-0.2, -0.15) is 0 Å². The molecule has 2 aromatic rings. The van der Waals surface area contributed by atoms with Gasteiger partial charge in [0.1, 0.15) is 5.75 Å². The molecule has 2 aromatic carbocycles. The summed E-state index contributed by atoms with van der Waals surface area (Å²) in [5.41, 5.74) is 0.483. The van der Waals surface area contributed by atoms with Crippen LogP contribution in [0.25, 0.3) is 0 Å². The number of hydrogen-bond donors (Lipinski definition) is 2. The lowest BCUT2D eigenvalue weighted by molar-refractivity contribution is 0.0945. The third-order valence-electron chi connectivity index (χ3n) is 4.63. The minimum absolute atomic E-state index is 0.0328. The van der Waals surface area contributed by atoms with Crippen LogP contribution < -0.4 is 14.8 Å². The molecule has 0 aliphatic carbocycles. The first-order chi connectivity index (χ1) is 14.2. The second-order valence-corrected chi connectivity index (χ2v) is 9.08. The largest absolute Gasteiger partial charge is 0.495 e. The van der Waals surface area contributed by atoms with E-state index in [0.29, 0.717) is 29.9 Å². The van der Waals surface area contributed by atoms with E-state index in [1.165, 1.54) is 31.4 Å². The number of ether oxygens (including phenoxy) is 1. The normalized spacial score (nSPS) is 11.6. The van der Waals surface area contributed by atoms with Crippen LogP contribution in [-0.4, -0.2) is 52.0 Å². The SMILES string of the molecule is CCN(CCNC(=O)c1cccc(S(=O)(=O)Nc2cc(Cl)ccc2OC)c1)C(C)C. The van der Waals surface area contributed by atoms with E-state index >= 15 is 0 Å². The molecule has 0 unspecified atom stereocenters. The number of anilines is 1. The van der Waals surface area contributed by atoms with Gasteiger partial charge in [-0.05, 0) is 56.8 Å². The molecule has 2 rings (SSSR count). The quantitative estimate of drug-likeness (QED) is 0.573. The standard InChI is InChI=1S/C21H28ClN3O4S/c1-5-25(15(2)3)12-11-23-21(26)16-7-6-8-18(13-16)30(27,28)24-19-14-17(22)9-10-20(19)29-4/h6-10,13-15,24H,5,11-12H2,1-4H3,(H,23,26). The number of halogens is 1. The van der Waals surface area contributed by atoms with Crippen molar-refractivity contribution in [3.05, 3.63) is 53.1 Å². The van der Waals surface area contributed by atoms with E-state index in [9.17, 15) is 13.2 Å². The molecule has 0 heterocycles. The van der Waals surface area contributed by atoms with E-state index in [-0.39, 0.29) is 22.1 Å². The highest BCUT2D eigenvalue weighted by molar-refractivity contribution is 7.92. The highest BCUT2D eigenvalue weighted by Crippen LogP contribution is 2.29. The molecule has 2 N–H and O–H groups in total. The second-order valence-electron chi connectivity index (χ2n) is 6.96. The van der Waals surface area contributed by atoms with Crippen LogP contribution in [0.1, 0.15) is 31.1 Å². The lowest BCUT2D eigenvalue weighted by Crippen LogP contribution is -2.38. The van der Waals surface area contributed by atoms with Crippen LogP contribution in [0.2, 0.25) is 5.02 Å². The van der Waals surface area contributed by atoms with E-state index in [2.05, 4.69) is 35.7 Å². The molecule has 0 radical (unpaired) electrons. The number of amides is 1. The molecular formula is C21H28ClN3O4S. The maximum absolute atomic E-state index is 12.8. The molecule has 0 saturated heterocycles. The van der Waals surface area contributed by atoms with Crippen LogP contribution in [0.15, 0.2) is 47.4 Å². The summed E-state index contributed by atoms with van der Waals surface area (Å²) in [6.07, 6.45) is 0. The molecule has 0 bridgehead atoms. The lowest BCUT2D eigenvalue weighted by atomic mass is 10.2. The Bertz CT molecular complexity index is 980. The fourth-order valence-corrected chi connectivity index (χ4v) is 4.24. The molecule has 1 amide bonds. The number of nitrogens with one attached hydrogen (secondary N) is 2. The Morgan fingerprint density at radius 3 is 2.57 bits per heavy atom. The van der Waals surface area contributed by atoms with Crippen molar-refractivity contribution in [1.29, 1.82) is 0 Å². The zero-order valence-electron chi connectivity index (χ0n) is 17.6. The number of likely N-dealkylation sites (N-methyl/N-ethyl adjacent to an activating group) is 1. The van der Waals surface area contributed by atoms with Gasteiger partial charge in [0.2, 0.25) is 0 Å². The predicted molar refractivity (Wildman–Crippen MR) is 120 cm³/mol. The van der Waals surface area contributed by atoms with Crippen molar-refractivity contribution in [3.63, 3.8) is 0 Å². The Hall–Kier alpha value is -2.29. The van der Waals surface area contributed by atoms with Gasteiger partial charge in [0.25, 0.3) is 15.9 Å². The highest BCUT2D eigenvalue weighted by Gasteiger charge is 2.19. The lowest BCUT2D eigenvalue weighted by Gasteiger charge is -2.24. The third kappa shape index (κ3) is 6.35. The number of carbonyl (C=O) groups is 1. The fraction of sp³-hybridized carbons (Fsp3) is 0.381. The summed E-state index contributed by atoms with van der Waals surface area (Å²) in [6, 6.07) is 10.9. The van der Waals surface area contributed by atoms with Gasteiger partial charge in [-0.25, -0.2) is 8.42 Å². The van der Waals surface area contributed by atoms with Gasteiger partial charge in [-0.1, -0.05) is 24.6 Å². The average Bonchev–Trinajstić information content (AvgIpc) is 2.70. The number of benzene rings is 2. The van der Waals surface area contributed by atoms with Gasteiger partial charge in [-0.3, -0.25) is 14.4 Å². The summed E-state index contributed by atoms with van der Waals surface area (Å²) < 4.78 is 33.3. The van der Waals surface area contributed by atoms with Crippen LogP contribution in [-0.2, 0) is 10.0 Å². The highest BCUT2D eigenvalue weighted by atomic mass is 35.5. The maximum atomic E-state index is 12.8. The van der Waals surface area contributed by atoms with Crippen LogP contribution in [0.3, 0.4) is 0 Å². The minimum Gasteiger partial charge on any atom is -0.495 e. The summed E-state index contributed by atoms with van der Waals surface area (Å²) in [6.45, 7) is 8.34. The molecule has 0 aliphatic heterocycles. The number of hydrogen-bond acceptors (Lipinski definition) is 5. The molecule has 30 heavy (non-hydrogen) atoms. The fourth-order valence-electron chi connectivity index (χ4n) is 2.96. The van der Waals surface area contributed by atoms with Gasteiger partial charge in [0.15, 0.2) is 0 Å². The van der Waals surface area contributed by atoms with E-state index < -0.39 is 10.0 Å². The molecule has 0 aliphatic rings. The third-order valence-corrected chi connectivity index (χ3v) is 6.23. The van der Waals surface area contributed by atoms with E-state index in [4.69, 9.17) is 16.3 Å². The summed E-state index contributed by atoms with van der Waals surface area (Å²) >= 11 is 5.97. The van der Waals surface area contributed by atoms with Crippen molar-refractivity contribution in [3.8, 4) is 5.75 Å². The van der Waals surface area contributed by atoms with Crippen molar-refractivity contribution in [1.82, 2.24) is 10.2 Å². The number of rotatable bonds is 10. The van der Waals surface area contributed by atoms with Crippen molar-refractivity contribution in [2.24, 2.45) is 0 Å². The molecule has 0 atom stereocenters. The van der Waals surface area contributed by atoms with Crippen LogP contribution in [0, 0.1) is 0 Å². The summed E-state index contributed by atoms with van der Waals surface area (Å²) in [7, 11) is -2.51. The molecule has 0 saturated carbocycles. The number of nitrogens with zero attached hydrogens (tertiary/aromatic N) is 1. The number of methoxy groups -OCH3 is 1. The second kappa shape index (κ2) is 10.7. The first-order valence-corrected chi connectivity index (χ1v) is 11.5. The Labute approximate surface area is 183 Å². The summed E-state index contributed by atoms with van der Waals surface area (Å²) in [5.74, 6) is 0.00898. The van der Waals surface area contributed by atoms with Crippen LogP contribution >= 0.6 is 11.6 Å². The van der Waals surface area contributed by atoms with Crippen LogP contribution in [0.5, 0.6) is 5.75 Å². The molecule has 9 heteroatoms. The Kier molecular flexibility index (Phi) is 8.52. The topological polar surface area (TPSA) is 87.7 Å². The summed E-state index contributed by atoms with van der Waals surface area (Å²) in [4.78, 5) is 14.7. The minimum atomic E-state index is -3.94. The van der Waals surface area contributed by atoms with Gasteiger partial charge in [0.05, 0.1) is 17.7 Å². The Morgan fingerprint density at radius 2 is 1.93 bits per heavy atom. The zero-order chi connectivity index (χ0) is 22.3. The van der Waals surface area contributed by atoms with Crippen molar-refractivity contribution in [2.75, 3.05) is 31.5 Å². The number of sulfonamides is 1. The maximum Gasteiger partial charge on any atom is 0.262 e. The summed E-state index contributed by atoms with van der Waals surface area (Å²) in [5, 5.41) is 3.20. The molecule has 0 spiro atoms.